The van der Waals surface area contributed by atoms with E-state index in [4.69, 9.17) is 56.8 Å². The average molecular weight is 1030 g/mol. The number of aromatic hydroxyl groups is 1. The summed E-state index contributed by atoms with van der Waals surface area (Å²) in [5.41, 5.74) is 6.59. The van der Waals surface area contributed by atoms with Crippen molar-refractivity contribution in [3.8, 4) is 63.2 Å². The van der Waals surface area contributed by atoms with Gasteiger partial charge in [-0.05, 0) is 41.6 Å². The average Bonchev–Trinajstić information content (AvgIpc) is 3.33. The maximum Gasteiger partial charge on any atom is 0.230 e. The second-order valence-electron chi connectivity index (χ2n) is 19.0. The molecule has 0 saturated heterocycles. The molecule has 4 aromatic rings. The molecule has 1 aliphatic carbocycles. The molecule has 0 spiro atoms. The van der Waals surface area contributed by atoms with Gasteiger partial charge >= 0.3 is 0 Å². The van der Waals surface area contributed by atoms with E-state index in [9.17, 15) is 5.11 Å². The Kier molecular flexibility index (Phi) is 16.5. The number of ether oxygens (including phenoxy) is 12. The molecule has 70 heavy (non-hydrogen) atoms. The summed E-state index contributed by atoms with van der Waals surface area (Å²) in [7, 11) is 3.27. The highest BCUT2D eigenvalue weighted by molar-refractivity contribution is 9.10. The predicted molar refractivity (Wildman–Crippen MR) is 269 cm³/mol. The molecule has 4 aliphatic heterocycles. The fourth-order valence-corrected chi connectivity index (χ4v) is 12.4. The lowest BCUT2D eigenvalue weighted by Gasteiger charge is -2.37. The Labute approximate surface area is 421 Å². The molecular formula is C56H71BrO13. The largest absolute Gasteiger partial charge is 0.507 e. The molecule has 13 nitrogen and oxygen atoms in total. The lowest BCUT2D eigenvalue weighted by molar-refractivity contribution is 0.0470. The fraction of sp³-hybridized carbons (Fsp3) is 0.571. The minimum Gasteiger partial charge on any atom is -0.507 e. The number of unbranched alkanes of at least 4 members (excludes halogenated alkanes) is 8. The van der Waals surface area contributed by atoms with Crippen LogP contribution in [0.25, 0.3) is 0 Å². The van der Waals surface area contributed by atoms with Crippen LogP contribution in [0.15, 0.2) is 28.7 Å². The molecule has 9 rings (SSSR count). The minimum absolute atomic E-state index is 0.0361. The molecule has 0 amide bonds. The Morgan fingerprint density at radius 3 is 0.943 bits per heavy atom. The standard InChI is InChI=1S/C56H71BrO13/c1-7-11-15-19-33-45-37-23-38-46(53(45)57)34(20-16-12-8-2)50-42(66-30-62-38)26-44-52(56(50)70-28-60-6)36(22-18-14-10-4)48-40(64-32-68-44)24-39-47(54(48)58)35(21-17-13-9-3)51-43(67-31-63-39)25-41(65-29-61-37)49(33)55(51)69-27-59-5/h23-26,33-36,58H,7-22,27-32H2,1-6H3/t33-,34+,35+,36-. The quantitative estimate of drug-likeness (QED) is 0.0592. The molecular weight excluding hydrogens is 961 g/mol. The molecule has 4 atom stereocenters. The number of benzene rings is 4. The number of hydrogen-bond donors (Lipinski definition) is 1. The summed E-state index contributed by atoms with van der Waals surface area (Å²) in [4.78, 5) is 0. The molecule has 14 heteroatoms. The third-order valence-corrected chi connectivity index (χ3v) is 15.5. The van der Waals surface area contributed by atoms with E-state index in [1.165, 1.54) is 0 Å². The first kappa shape index (κ1) is 50.0. The SMILES string of the molecule is CCCCC[C@@H]1c2c3cc4c(c2O)[C@H](CCCCC)c2c(cc5c(c2OCOC)[C@H](CCCCC)c2c(cc6c(c2Br)[C@H](CCCCC)c2c(cc(c1c2OCOC)OCO3)OCO6)OCO5)OCO4. The smallest absolute Gasteiger partial charge is 0.230 e. The third-order valence-electron chi connectivity index (χ3n) is 14.7. The Morgan fingerprint density at radius 2 is 0.671 bits per heavy atom. The summed E-state index contributed by atoms with van der Waals surface area (Å²) in [6.45, 7) is 8.27. The van der Waals surface area contributed by atoms with Crippen molar-refractivity contribution in [3.05, 3.63) is 73.2 Å². The van der Waals surface area contributed by atoms with Crippen LogP contribution >= 0.6 is 15.9 Å². The van der Waals surface area contributed by atoms with Crippen LogP contribution in [0.3, 0.4) is 0 Å². The summed E-state index contributed by atoms with van der Waals surface area (Å²) >= 11 is 4.36. The van der Waals surface area contributed by atoms with Crippen LogP contribution in [0, 0.1) is 0 Å². The van der Waals surface area contributed by atoms with Crippen molar-refractivity contribution in [1.29, 1.82) is 0 Å². The first-order chi connectivity index (χ1) is 34.4. The summed E-state index contributed by atoms with van der Waals surface area (Å²) < 4.78 is 79.8. The first-order valence-electron chi connectivity index (χ1n) is 25.8. The van der Waals surface area contributed by atoms with E-state index in [0.29, 0.717) is 81.5 Å². The summed E-state index contributed by atoms with van der Waals surface area (Å²) in [6.07, 6.45) is 14.4. The topological polar surface area (TPSA) is 131 Å². The van der Waals surface area contributed by atoms with Gasteiger partial charge in [-0.3, -0.25) is 0 Å². The number of rotatable bonds is 22. The highest BCUT2D eigenvalue weighted by Crippen LogP contribution is 2.63. The predicted octanol–water partition coefficient (Wildman–Crippen LogP) is 14.2. The number of phenols is 1. The zero-order valence-corrected chi connectivity index (χ0v) is 43.5. The zero-order chi connectivity index (χ0) is 48.7. The Morgan fingerprint density at radius 1 is 0.414 bits per heavy atom. The molecule has 380 valence electrons. The molecule has 0 fully saturated rings. The van der Waals surface area contributed by atoms with Crippen LogP contribution in [0.2, 0.25) is 0 Å². The van der Waals surface area contributed by atoms with Crippen molar-refractivity contribution >= 4 is 15.9 Å². The molecule has 8 bridgehead atoms. The van der Waals surface area contributed by atoms with Gasteiger partial charge in [0.15, 0.2) is 13.6 Å². The molecule has 4 heterocycles. The van der Waals surface area contributed by atoms with E-state index in [1.54, 1.807) is 14.2 Å². The second kappa shape index (κ2) is 23.1. The van der Waals surface area contributed by atoms with Gasteiger partial charge in [0.25, 0.3) is 0 Å². The van der Waals surface area contributed by atoms with Gasteiger partial charge in [0.1, 0.15) is 63.2 Å². The van der Waals surface area contributed by atoms with E-state index in [-0.39, 0.29) is 58.3 Å². The van der Waals surface area contributed by atoms with Gasteiger partial charge in [-0.15, -0.1) is 0 Å². The van der Waals surface area contributed by atoms with Crippen molar-refractivity contribution < 1.29 is 61.9 Å². The highest BCUT2D eigenvalue weighted by Gasteiger charge is 2.44. The van der Waals surface area contributed by atoms with Crippen molar-refractivity contribution in [3.63, 3.8) is 0 Å². The first-order valence-corrected chi connectivity index (χ1v) is 26.6. The number of methoxy groups -OCH3 is 2. The lowest BCUT2D eigenvalue weighted by atomic mass is 9.74. The Balaban J connectivity index is 1.50. The van der Waals surface area contributed by atoms with E-state index in [2.05, 4.69) is 43.6 Å². The van der Waals surface area contributed by atoms with Crippen LogP contribution in [-0.2, 0) is 9.47 Å². The lowest BCUT2D eigenvalue weighted by Crippen LogP contribution is -2.24. The van der Waals surface area contributed by atoms with Crippen LogP contribution in [0.1, 0.15) is 199 Å². The van der Waals surface area contributed by atoms with Crippen LogP contribution in [0.5, 0.6) is 63.2 Å². The number of phenolic OH excluding ortho intramolecular Hbond substituents is 1. The second-order valence-corrected chi connectivity index (χ2v) is 19.8. The van der Waals surface area contributed by atoms with Crippen molar-refractivity contribution in [2.45, 2.75) is 154 Å². The molecule has 5 aliphatic rings. The fourth-order valence-electron chi connectivity index (χ4n) is 11.5. The normalized spacial score (nSPS) is 19.0. The van der Waals surface area contributed by atoms with Crippen molar-refractivity contribution in [1.82, 2.24) is 0 Å². The van der Waals surface area contributed by atoms with Crippen LogP contribution < -0.4 is 47.4 Å². The Bertz CT molecular complexity index is 2160. The van der Waals surface area contributed by atoms with E-state index in [1.807, 2.05) is 24.3 Å². The number of hydrogen-bond acceptors (Lipinski definition) is 13. The Hall–Kier alpha value is -4.92. The maximum atomic E-state index is 13.6. The van der Waals surface area contributed by atoms with Gasteiger partial charge in [0.05, 0.1) is 0 Å². The van der Waals surface area contributed by atoms with E-state index < -0.39 is 11.8 Å². The van der Waals surface area contributed by atoms with E-state index >= 15 is 0 Å². The van der Waals surface area contributed by atoms with Gasteiger partial charge in [0, 0.05) is 111 Å². The highest BCUT2D eigenvalue weighted by atomic mass is 79.9. The zero-order valence-electron chi connectivity index (χ0n) is 41.9. The molecule has 0 aromatic heterocycles. The van der Waals surface area contributed by atoms with Crippen molar-refractivity contribution in [2.24, 2.45) is 0 Å². The minimum atomic E-state index is -0.471. The van der Waals surface area contributed by atoms with E-state index in [0.717, 1.165) is 128 Å². The maximum absolute atomic E-state index is 13.6. The molecule has 0 radical (unpaired) electrons. The third kappa shape index (κ3) is 9.61. The molecule has 0 saturated carbocycles. The van der Waals surface area contributed by atoms with Gasteiger partial charge < -0.3 is 61.9 Å². The van der Waals surface area contributed by atoms with Crippen LogP contribution in [0.4, 0.5) is 0 Å². The van der Waals surface area contributed by atoms with Gasteiger partial charge in [-0.2, -0.15) is 0 Å². The summed E-state index contributed by atoms with van der Waals surface area (Å²) in [5.74, 6) is 4.19. The van der Waals surface area contributed by atoms with Gasteiger partial charge in [-0.1, -0.05) is 105 Å². The molecule has 0 unspecified atom stereocenters. The summed E-state index contributed by atoms with van der Waals surface area (Å²) in [6, 6.07) is 7.90. The van der Waals surface area contributed by atoms with Crippen molar-refractivity contribution in [2.75, 3.05) is 55.0 Å². The molecule has 1 N–H and O–H groups in total. The van der Waals surface area contributed by atoms with Crippen LogP contribution in [-0.4, -0.2) is 60.1 Å². The van der Waals surface area contributed by atoms with Gasteiger partial charge in [-0.25, -0.2) is 0 Å². The monoisotopic (exact) mass is 1030 g/mol. The van der Waals surface area contributed by atoms with Gasteiger partial charge in [0.2, 0.25) is 27.2 Å². The number of halogens is 1. The molecule has 4 aromatic carbocycles. The summed E-state index contributed by atoms with van der Waals surface area (Å²) in [5, 5.41) is 13.6.